The van der Waals surface area contributed by atoms with Gasteiger partial charge in [-0.1, -0.05) is 39.5 Å². The predicted molar refractivity (Wildman–Crippen MR) is 74.4 cm³/mol. The second kappa shape index (κ2) is 8.93. The molecule has 102 valence electrons. The van der Waals surface area contributed by atoms with E-state index in [0.29, 0.717) is 12.1 Å². The number of hydrogen-bond acceptors (Lipinski definition) is 2. The fourth-order valence-corrected chi connectivity index (χ4v) is 2.71. The number of rotatable bonds is 9. The van der Waals surface area contributed by atoms with Gasteiger partial charge < -0.3 is 10.1 Å². The van der Waals surface area contributed by atoms with Gasteiger partial charge in [-0.15, -0.1) is 0 Å². The van der Waals surface area contributed by atoms with Gasteiger partial charge >= 0.3 is 0 Å². The first-order valence-corrected chi connectivity index (χ1v) is 7.62. The van der Waals surface area contributed by atoms with E-state index in [9.17, 15) is 0 Å². The van der Waals surface area contributed by atoms with Gasteiger partial charge in [0.05, 0.1) is 6.10 Å². The molecule has 0 amide bonds. The molecule has 2 heteroatoms. The van der Waals surface area contributed by atoms with Crippen LogP contribution in [0.25, 0.3) is 0 Å². The average Bonchev–Trinajstić information content (AvgIpc) is 2.79. The molecule has 0 aliphatic carbocycles. The minimum absolute atomic E-state index is 0.509. The van der Waals surface area contributed by atoms with E-state index in [2.05, 4.69) is 26.1 Å². The van der Waals surface area contributed by atoms with Crippen LogP contribution in [0.1, 0.15) is 65.7 Å². The van der Waals surface area contributed by atoms with Gasteiger partial charge in [0.15, 0.2) is 0 Å². The number of unbranched alkanes of at least 4 members (excludes halogenated alkanes) is 3. The molecule has 1 saturated heterocycles. The molecule has 0 radical (unpaired) electrons. The fourth-order valence-electron chi connectivity index (χ4n) is 2.71. The lowest BCUT2D eigenvalue weighted by Gasteiger charge is -2.20. The van der Waals surface area contributed by atoms with Gasteiger partial charge in [-0.3, -0.25) is 0 Å². The average molecular weight is 241 g/mol. The molecule has 1 aliphatic rings. The second-order valence-corrected chi connectivity index (χ2v) is 5.52. The molecule has 0 aromatic heterocycles. The van der Waals surface area contributed by atoms with Crippen LogP contribution in [0.15, 0.2) is 0 Å². The third-order valence-corrected chi connectivity index (χ3v) is 3.97. The number of ether oxygens (including phenoxy) is 1. The van der Waals surface area contributed by atoms with E-state index in [0.717, 1.165) is 25.5 Å². The molecule has 0 aromatic rings. The van der Waals surface area contributed by atoms with Crippen molar-refractivity contribution in [1.29, 1.82) is 0 Å². The Morgan fingerprint density at radius 1 is 1.24 bits per heavy atom. The van der Waals surface area contributed by atoms with Crippen molar-refractivity contribution in [2.24, 2.45) is 5.92 Å². The summed E-state index contributed by atoms with van der Waals surface area (Å²) in [6, 6.07) is 0.671. The summed E-state index contributed by atoms with van der Waals surface area (Å²) in [4.78, 5) is 0. The minimum Gasteiger partial charge on any atom is -0.378 e. The molecule has 3 atom stereocenters. The van der Waals surface area contributed by atoms with Crippen molar-refractivity contribution >= 4 is 0 Å². The zero-order valence-electron chi connectivity index (χ0n) is 12.0. The van der Waals surface area contributed by atoms with Crippen molar-refractivity contribution in [3.8, 4) is 0 Å². The van der Waals surface area contributed by atoms with Crippen LogP contribution < -0.4 is 5.32 Å². The summed E-state index contributed by atoms with van der Waals surface area (Å²) in [7, 11) is 0. The summed E-state index contributed by atoms with van der Waals surface area (Å²) in [5.41, 5.74) is 0. The summed E-state index contributed by atoms with van der Waals surface area (Å²) in [6.45, 7) is 8.94. The Labute approximate surface area is 108 Å². The van der Waals surface area contributed by atoms with Crippen LogP contribution in [0.3, 0.4) is 0 Å². The zero-order chi connectivity index (χ0) is 12.5. The fraction of sp³-hybridized carbons (Fsp3) is 1.00. The molecule has 1 rings (SSSR count). The highest BCUT2D eigenvalue weighted by atomic mass is 16.5. The third kappa shape index (κ3) is 5.87. The molecule has 3 unspecified atom stereocenters. The Morgan fingerprint density at radius 2 is 2.06 bits per heavy atom. The maximum absolute atomic E-state index is 5.72. The van der Waals surface area contributed by atoms with Gasteiger partial charge in [-0.05, 0) is 32.1 Å². The lowest BCUT2D eigenvalue weighted by atomic mass is 9.99. The van der Waals surface area contributed by atoms with Crippen LogP contribution in [0, 0.1) is 5.92 Å². The molecule has 1 heterocycles. The van der Waals surface area contributed by atoms with E-state index in [1.54, 1.807) is 0 Å². The maximum Gasteiger partial charge on any atom is 0.0613 e. The lowest BCUT2D eigenvalue weighted by molar-refractivity contribution is 0.0866. The van der Waals surface area contributed by atoms with Crippen LogP contribution >= 0.6 is 0 Å². The molecule has 17 heavy (non-hydrogen) atoms. The lowest BCUT2D eigenvalue weighted by Crippen LogP contribution is -2.34. The Morgan fingerprint density at radius 3 is 2.76 bits per heavy atom. The van der Waals surface area contributed by atoms with E-state index < -0.39 is 0 Å². The first-order chi connectivity index (χ1) is 8.27. The maximum atomic E-state index is 5.72. The van der Waals surface area contributed by atoms with Gasteiger partial charge in [-0.2, -0.15) is 0 Å². The Bertz CT molecular complexity index is 184. The van der Waals surface area contributed by atoms with Crippen LogP contribution in [-0.4, -0.2) is 25.3 Å². The van der Waals surface area contributed by atoms with E-state index in [1.807, 2.05) is 0 Å². The monoisotopic (exact) mass is 241 g/mol. The van der Waals surface area contributed by atoms with Gasteiger partial charge in [0, 0.05) is 19.2 Å². The molecule has 2 nitrogen and oxygen atoms in total. The standard InChI is InChI=1S/C15H31NO/c1-4-6-7-8-9-13(3)16-12-14-10-11-17-15(14)5-2/h13-16H,4-12H2,1-3H3. The Hall–Kier alpha value is -0.0800. The molecule has 1 fully saturated rings. The van der Waals surface area contributed by atoms with Crippen molar-refractivity contribution < 1.29 is 4.74 Å². The topological polar surface area (TPSA) is 21.3 Å². The molecule has 1 aliphatic heterocycles. The van der Waals surface area contributed by atoms with Gasteiger partial charge in [-0.25, -0.2) is 0 Å². The summed E-state index contributed by atoms with van der Waals surface area (Å²) >= 11 is 0. The number of hydrogen-bond donors (Lipinski definition) is 1. The third-order valence-electron chi connectivity index (χ3n) is 3.97. The molecular weight excluding hydrogens is 210 g/mol. The first-order valence-electron chi connectivity index (χ1n) is 7.62. The quantitative estimate of drug-likeness (QED) is 0.621. The van der Waals surface area contributed by atoms with Gasteiger partial charge in [0.1, 0.15) is 0 Å². The highest BCUT2D eigenvalue weighted by Gasteiger charge is 2.26. The Kier molecular flexibility index (Phi) is 7.87. The molecule has 0 spiro atoms. The van der Waals surface area contributed by atoms with Crippen molar-refractivity contribution in [1.82, 2.24) is 5.32 Å². The molecule has 1 N–H and O–H groups in total. The first kappa shape index (κ1) is 15.0. The van der Waals surface area contributed by atoms with Crippen molar-refractivity contribution in [2.75, 3.05) is 13.2 Å². The van der Waals surface area contributed by atoms with Crippen LogP contribution in [0.5, 0.6) is 0 Å². The smallest absolute Gasteiger partial charge is 0.0613 e. The normalized spacial score (nSPS) is 26.3. The highest BCUT2D eigenvalue weighted by Crippen LogP contribution is 2.22. The number of nitrogens with one attached hydrogen (secondary N) is 1. The molecular formula is C15H31NO. The van der Waals surface area contributed by atoms with Crippen molar-refractivity contribution in [3.05, 3.63) is 0 Å². The van der Waals surface area contributed by atoms with Gasteiger partial charge in [0.25, 0.3) is 0 Å². The van der Waals surface area contributed by atoms with E-state index in [1.165, 1.54) is 38.5 Å². The van der Waals surface area contributed by atoms with Crippen LogP contribution in [0.4, 0.5) is 0 Å². The highest BCUT2D eigenvalue weighted by molar-refractivity contribution is 4.78. The predicted octanol–water partition coefficient (Wildman–Crippen LogP) is 3.75. The second-order valence-electron chi connectivity index (χ2n) is 5.52. The van der Waals surface area contributed by atoms with E-state index >= 15 is 0 Å². The molecule has 0 aromatic carbocycles. The molecule has 0 bridgehead atoms. The van der Waals surface area contributed by atoms with Crippen LogP contribution in [-0.2, 0) is 4.74 Å². The molecule has 0 saturated carbocycles. The van der Waals surface area contributed by atoms with Crippen molar-refractivity contribution in [2.45, 2.75) is 77.9 Å². The minimum atomic E-state index is 0.509. The summed E-state index contributed by atoms with van der Waals surface area (Å²) in [5, 5.41) is 3.69. The largest absolute Gasteiger partial charge is 0.378 e. The van der Waals surface area contributed by atoms with E-state index in [-0.39, 0.29) is 0 Å². The zero-order valence-corrected chi connectivity index (χ0v) is 12.0. The van der Waals surface area contributed by atoms with Crippen LogP contribution in [0.2, 0.25) is 0 Å². The Balaban J connectivity index is 2.04. The SMILES string of the molecule is CCCCCCC(C)NCC1CCOC1CC. The van der Waals surface area contributed by atoms with E-state index in [4.69, 9.17) is 4.74 Å². The van der Waals surface area contributed by atoms with Gasteiger partial charge in [0.2, 0.25) is 0 Å². The summed E-state index contributed by atoms with van der Waals surface area (Å²) in [5.74, 6) is 0.748. The van der Waals surface area contributed by atoms with Crippen molar-refractivity contribution in [3.63, 3.8) is 0 Å². The summed E-state index contributed by atoms with van der Waals surface area (Å²) < 4.78 is 5.72. The summed E-state index contributed by atoms with van der Waals surface area (Å²) in [6.07, 6.45) is 9.73.